The van der Waals surface area contributed by atoms with Gasteiger partial charge in [-0.1, -0.05) is 60.7 Å². The predicted molar refractivity (Wildman–Crippen MR) is 128 cm³/mol. The monoisotopic (exact) mass is 468 g/mol. The second-order valence-corrected chi connectivity index (χ2v) is 11.6. The number of rotatable bonds is 7. The number of thiophene rings is 1. The van der Waals surface area contributed by atoms with Crippen LogP contribution in [0.15, 0.2) is 77.0 Å². The summed E-state index contributed by atoms with van der Waals surface area (Å²) in [5.41, 5.74) is 2.28. The van der Waals surface area contributed by atoms with Crippen LogP contribution in [-0.2, 0) is 14.8 Å². The molecule has 2 heterocycles. The molecular formula is C25H28N2O3S2. The average Bonchev–Trinajstić information content (AvgIpc) is 3.28. The molecule has 1 N–H and O–H groups in total. The first-order valence-corrected chi connectivity index (χ1v) is 13.1. The number of benzene rings is 2. The summed E-state index contributed by atoms with van der Waals surface area (Å²) in [6.45, 7) is 3.05. The van der Waals surface area contributed by atoms with E-state index in [9.17, 15) is 13.2 Å². The molecule has 1 aromatic heterocycles. The third-order valence-corrected chi connectivity index (χ3v) is 9.28. The summed E-state index contributed by atoms with van der Waals surface area (Å²) < 4.78 is 27.8. The lowest BCUT2D eigenvalue weighted by Crippen LogP contribution is -2.45. The van der Waals surface area contributed by atoms with E-state index in [0.717, 1.165) is 16.0 Å². The second-order valence-electron chi connectivity index (χ2n) is 8.19. The highest BCUT2D eigenvalue weighted by Crippen LogP contribution is 2.29. The van der Waals surface area contributed by atoms with E-state index in [0.29, 0.717) is 30.1 Å². The first-order chi connectivity index (χ1) is 15.4. The summed E-state index contributed by atoms with van der Waals surface area (Å²) in [6.07, 6.45) is 1.38. The number of nitrogens with one attached hydrogen (secondary N) is 1. The van der Waals surface area contributed by atoms with Crippen molar-refractivity contribution < 1.29 is 13.2 Å². The van der Waals surface area contributed by atoms with E-state index in [1.807, 2.05) is 49.4 Å². The molecule has 0 spiro atoms. The minimum Gasteiger partial charge on any atom is -0.355 e. The van der Waals surface area contributed by atoms with Crippen LogP contribution in [0.3, 0.4) is 0 Å². The van der Waals surface area contributed by atoms with Gasteiger partial charge in [-0.25, -0.2) is 8.42 Å². The summed E-state index contributed by atoms with van der Waals surface area (Å²) in [4.78, 5) is 14.0. The Kier molecular flexibility index (Phi) is 7.08. The first-order valence-electron chi connectivity index (χ1n) is 10.9. The van der Waals surface area contributed by atoms with Gasteiger partial charge in [-0.2, -0.15) is 4.31 Å². The van der Waals surface area contributed by atoms with Gasteiger partial charge in [-0.05, 0) is 43.0 Å². The van der Waals surface area contributed by atoms with Gasteiger partial charge in [0.15, 0.2) is 0 Å². The molecular weight excluding hydrogens is 440 g/mol. The molecule has 2 aromatic carbocycles. The van der Waals surface area contributed by atoms with Gasteiger partial charge in [-0.3, -0.25) is 4.79 Å². The normalized spacial score (nSPS) is 17.4. The minimum atomic E-state index is -3.55. The van der Waals surface area contributed by atoms with E-state index in [2.05, 4.69) is 29.6 Å². The lowest BCUT2D eigenvalue weighted by Gasteiger charge is -2.31. The molecule has 1 atom stereocenters. The molecule has 7 heteroatoms. The van der Waals surface area contributed by atoms with Crippen LogP contribution in [0.1, 0.15) is 34.8 Å². The summed E-state index contributed by atoms with van der Waals surface area (Å²) in [6, 6.07) is 23.7. The molecule has 1 amide bonds. The standard InChI is InChI=1S/C25H28N2O3S2/c1-19-14-15-24(31-19)32(29,30)27-16-8-13-22(18-27)25(28)26-17-23(20-9-4-2-5-10-20)21-11-6-3-7-12-21/h2-7,9-12,14-15,22-23H,8,13,16-18H2,1H3,(H,26,28). The Morgan fingerprint density at radius 2 is 1.66 bits per heavy atom. The molecule has 1 saturated heterocycles. The van der Waals surface area contributed by atoms with Crippen LogP contribution in [0.4, 0.5) is 0 Å². The molecule has 1 unspecified atom stereocenters. The third kappa shape index (κ3) is 5.11. The fourth-order valence-electron chi connectivity index (χ4n) is 4.20. The van der Waals surface area contributed by atoms with Crippen molar-refractivity contribution in [2.75, 3.05) is 19.6 Å². The predicted octanol–water partition coefficient (Wildman–Crippen LogP) is 4.41. The van der Waals surface area contributed by atoms with Gasteiger partial charge in [0.25, 0.3) is 10.0 Å². The van der Waals surface area contributed by atoms with Crippen LogP contribution in [0.2, 0.25) is 0 Å². The first kappa shape index (κ1) is 22.7. The molecule has 0 saturated carbocycles. The minimum absolute atomic E-state index is 0.0406. The Morgan fingerprint density at radius 3 is 2.22 bits per heavy atom. The number of aryl methyl sites for hydroxylation is 1. The van der Waals surface area contributed by atoms with E-state index < -0.39 is 10.0 Å². The maximum Gasteiger partial charge on any atom is 0.252 e. The van der Waals surface area contributed by atoms with Crippen molar-refractivity contribution in [3.8, 4) is 0 Å². The van der Waals surface area contributed by atoms with Crippen LogP contribution in [0.5, 0.6) is 0 Å². The van der Waals surface area contributed by atoms with Crippen LogP contribution in [-0.4, -0.2) is 38.3 Å². The number of sulfonamides is 1. The maximum absolute atomic E-state index is 13.0. The SMILES string of the molecule is Cc1ccc(S(=O)(=O)N2CCCC(C(=O)NCC(c3ccccc3)c3ccccc3)C2)s1. The van der Waals surface area contributed by atoms with Crippen LogP contribution >= 0.6 is 11.3 Å². The van der Waals surface area contributed by atoms with Crippen molar-refractivity contribution in [1.82, 2.24) is 9.62 Å². The van der Waals surface area contributed by atoms with Crippen molar-refractivity contribution in [3.05, 3.63) is 88.8 Å². The molecule has 0 aliphatic carbocycles. The Morgan fingerprint density at radius 1 is 1.03 bits per heavy atom. The molecule has 5 nitrogen and oxygen atoms in total. The van der Waals surface area contributed by atoms with Gasteiger partial charge in [0.2, 0.25) is 5.91 Å². The fourth-order valence-corrected chi connectivity index (χ4v) is 7.16. The maximum atomic E-state index is 13.0. The van der Waals surface area contributed by atoms with Crippen molar-refractivity contribution in [3.63, 3.8) is 0 Å². The zero-order valence-electron chi connectivity index (χ0n) is 18.1. The molecule has 1 aliphatic rings. The zero-order chi connectivity index (χ0) is 22.6. The van der Waals surface area contributed by atoms with Crippen molar-refractivity contribution in [2.24, 2.45) is 5.92 Å². The van der Waals surface area contributed by atoms with E-state index in [-0.39, 0.29) is 24.3 Å². The molecule has 0 bridgehead atoms. The van der Waals surface area contributed by atoms with E-state index in [4.69, 9.17) is 0 Å². The van der Waals surface area contributed by atoms with Crippen molar-refractivity contribution in [1.29, 1.82) is 0 Å². The Labute approximate surface area is 194 Å². The van der Waals surface area contributed by atoms with Gasteiger partial charge in [0, 0.05) is 30.4 Å². The number of amides is 1. The Hall–Kier alpha value is -2.48. The highest BCUT2D eigenvalue weighted by Gasteiger charge is 2.34. The van der Waals surface area contributed by atoms with Crippen LogP contribution < -0.4 is 5.32 Å². The Balaban J connectivity index is 1.44. The summed E-state index contributed by atoms with van der Waals surface area (Å²) >= 11 is 1.28. The molecule has 32 heavy (non-hydrogen) atoms. The van der Waals surface area contributed by atoms with E-state index in [1.54, 1.807) is 6.07 Å². The quantitative estimate of drug-likeness (QED) is 0.559. The molecule has 168 valence electrons. The van der Waals surface area contributed by atoms with Gasteiger partial charge in [-0.15, -0.1) is 11.3 Å². The summed E-state index contributed by atoms with van der Waals surface area (Å²) in [5.74, 6) is -0.380. The molecule has 1 aliphatic heterocycles. The van der Waals surface area contributed by atoms with Crippen molar-refractivity contribution >= 4 is 27.3 Å². The lowest BCUT2D eigenvalue weighted by molar-refractivity contribution is -0.126. The number of carbonyl (C=O) groups is 1. The fraction of sp³-hybridized carbons (Fsp3) is 0.320. The van der Waals surface area contributed by atoms with Crippen LogP contribution in [0, 0.1) is 12.8 Å². The van der Waals surface area contributed by atoms with Gasteiger partial charge in [0.1, 0.15) is 4.21 Å². The molecule has 0 radical (unpaired) electrons. The largest absolute Gasteiger partial charge is 0.355 e. The number of nitrogens with zero attached hydrogens (tertiary/aromatic N) is 1. The highest BCUT2D eigenvalue weighted by molar-refractivity contribution is 7.91. The van der Waals surface area contributed by atoms with Gasteiger partial charge >= 0.3 is 0 Å². The smallest absolute Gasteiger partial charge is 0.252 e. The summed E-state index contributed by atoms with van der Waals surface area (Å²) in [7, 11) is -3.55. The lowest BCUT2D eigenvalue weighted by atomic mass is 9.91. The number of piperidine rings is 1. The molecule has 3 aromatic rings. The number of hydrogen-bond acceptors (Lipinski definition) is 4. The molecule has 4 rings (SSSR count). The van der Waals surface area contributed by atoms with Gasteiger partial charge in [0.05, 0.1) is 5.92 Å². The van der Waals surface area contributed by atoms with Gasteiger partial charge < -0.3 is 5.32 Å². The number of carbonyl (C=O) groups excluding carboxylic acids is 1. The average molecular weight is 469 g/mol. The second kappa shape index (κ2) is 9.98. The highest BCUT2D eigenvalue weighted by atomic mass is 32.2. The number of hydrogen-bond donors (Lipinski definition) is 1. The Bertz CT molecular complexity index is 1100. The third-order valence-electron chi connectivity index (χ3n) is 5.95. The molecule has 1 fully saturated rings. The van der Waals surface area contributed by atoms with E-state index in [1.165, 1.54) is 15.6 Å². The summed E-state index contributed by atoms with van der Waals surface area (Å²) in [5, 5.41) is 3.11. The topological polar surface area (TPSA) is 66.5 Å². The van der Waals surface area contributed by atoms with Crippen LogP contribution in [0.25, 0.3) is 0 Å². The van der Waals surface area contributed by atoms with Crippen molar-refractivity contribution in [2.45, 2.75) is 29.9 Å². The van der Waals surface area contributed by atoms with E-state index >= 15 is 0 Å². The zero-order valence-corrected chi connectivity index (χ0v) is 19.7.